The first-order chi connectivity index (χ1) is 8.74. The number of imidazole rings is 2. The van der Waals surface area contributed by atoms with Crippen LogP contribution < -0.4 is 0 Å². The highest BCUT2D eigenvalue weighted by Gasteiger charge is 2.22. The molecule has 0 spiro atoms. The lowest BCUT2D eigenvalue weighted by Crippen LogP contribution is -2.33. The number of H-pyrrole nitrogens is 1. The Morgan fingerprint density at radius 3 is 3.00 bits per heavy atom. The van der Waals surface area contributed by atoms with Gasteiger partial charge in [-0.25, -0.2) is 9.97 Å². The number of nitrogens with zero attached hydrogens (tertiary/aromatic N) is 4. The Hall–Kier alpha value is -1.62. The van der Waals surface area contributed by atoms with E-state index in [1.54, 1.807) is 0 Å². The molecule has 1 saturated heterocycles. The van der Waals surface area contributed by atoms with E-state index in [0.29, 0.717) is 6.04 Å². The molecular weight excluding hydrogens is 226 g/mol. The van der Waals surface area contributed by atoms with Crippen molar-refractivity contribution in [3.63, 3.8) is 0 Å². The SMILES string of the molecule is Cc1cnc(-c2nccn2C2CCCN(C)C2)[nH]1. The summed E-state index contributed by atoms with van der Waals surface area (Å²) in [5.41, 5.74) is 1.07. The predicted molar refractivity (Wildman–Crippen MR) is 70.3 cm³/mol. The molecule has 0 bridgehead atoms. The van der Waals surface area contributed by atoms with Gasteiger partial charge in [0.15, 0.2) is 11.6 Å². The number of nitrogens with one attached hydrogen (secondary N) is 1. The van der Waals surface area contributed by atoms with E-state index in [-0.39, 0.29) is 0 Å². The van der Waals surface area contributed by atoms with Crippen molar-refractivity contribution in [1.29, 1.82) is 0 Å². The molecular formula is C13H19N5. The van der Waals surface area contributed by atoms with Gasteiger partial charge in [0, 0.05) is 36.9 Å². The van der Waals surface area contributed by atoms with Gasteiger partial charge in [0.05, 0.1) is 0 Å². The van der Waals surface area contributed by atoms with Crippen LogP contribution >= 0.6 is 0 Å². The lowest BCUT2D eigenvalue weighted by atomic mass is 10.1. The van der Waals surface area contributed by atoms with Crippen molar-refractivity contribution in [3.8, 4) is 11.6 Å². The molecule has 2 aromatic heterocycles. The van der Waals surface area contributed by atoms with Crippen molar-refractivity contribution >= 4 is 0 Å². The third-order valence-corrected chi connectivity index (χ3v) is 3.58. The standard InChI is InChI=1S/C13H19N5/c1-10-8-15-12(16-10)13-14-5-7-18(13)11-4-3-6-17(2)9-11/h5,7-8,11H,3-4,6,9H2,1-2H3,(H,15,16). The van der Waals surface area contributed by atoms with Crippen LogP contribution in [0.4, 0.5) is 0 Å². The number of hydrogen-bond acceptors (Lipinski definition) is 3. The number of piperidine rings is 1. The first-order valence-corrected chi connectivity index (χ1v) is 6.47. The molecule has 3 heterocycles. The normalized spacial score (nSPS) is 21.3. The Bertz CT molecular complexity index is 527. The van der Waals surface area contributed by atoms with Crippen LogP contribution in [0.15, 0.2) is 18.6 Å². The minimum Gasteiger partial charge on any atom is -0.340 e. The van der Waals surface area contributed by atoms with E-state index in [2.05, 4.69) is 37.7 Å². The number of likely N-dealkylation sites (tertiary alicyclic amines) is 1. The first kappa shape index (κ1) is 11.5. The summed E-state index contributed by atoms with van der Waals surface area (Å²) in [4.78, 5) is 14.5. The van der Waals surface area contributed by atoms with Gasteiger partial charge in [-0.15, -0.1) is 0 Å². The molecule has 1 aliphatic heterocycles. The number of aromatic amines is 1. The molecule has 1 fully saturated rings. The average molecular weight is 245 g/mol. The van der Waals surface area contributed by atoms with E-state index < -0.39 is 0 Å². The lowest BCUT2D eigenvalue weighted by molar-refractivity contribution is 0.213. The molecule has 18 heavy (non-hydrogen) atoms. The largest absolute Gasteiger partial charge is 0.340 e. The predicted octanol–water partition coefficient (Wildman–Crippen LogP) is 1.85. The smallest absolute Gasteiger partial charge is 0.176 e. The first-order valence-electron chi connectivity index (χ1n) is 6.47. The molecule has 2 aromatic rings. The van der Waals surface area contributed by atoms with Crippen LogP contribution in [0.2, 0.25) is 0 Å². The summed E-state index contributed by atoms with van der Waals surface area (Å²) in [6.45, 7) is 4.29. The fourth-order valence-electron chi connectivity index (χ4n) is 2.68. The lowest BCUT2D eigenvalue weighted by Gasteiger charge is -2.31. The van der Waals surface area contributed by atoms with Crippen LogP contribution in [0.3, 0.4) is 0 Å². The van der Waals surface area contributed by atoms with E-state index in [0.717, 1.165) is 23.9 Å². The van der Waals surface area contributed by atoms with Gasteiger partial charge in [-0.1, -0.05) is 0 Å². The van der Waals surface area contributed by atoms with E-state index in [4.69, 9.17) is 0 Å². The third-order valence-electron chi connectivity index (χ3n) is 3.58. The molecule has 1 unspecified atom stereocenters. The van der Waals surface area contributed by atoms with Crippen molar-refractivity contribution in [2.24, 2.45) is 0 Å². The van der Waals surface area contributed by atoms with Crippen molar-refractivity contribution < 1.29 is 0 Å². The van der Waals surface area contributed by atoms with Crippen molar-refractivity contribution in [1.82, 2.24) is 24.4 Å². The Kier molecular flexibility index (Phi) is 2.91. The Morgan fingerprint density at radius 1 is 1.39 bits per heavy atom. The highest BCUT2D eigenvalue weighted by Crippen LogP contribution is 2.25. The molecule has 0 saturated carbocycles. The molecule has 5 heteroatoms. The monoisotopic (exact) mass is 245 g/mol. The van der Waals surface area contributed by atoms with Crippen molar-refractivity contribution in [3.05, 3.63) is 24.3 Å². The topological polar surface area (TPSA) is 49.7 Å². The molecule has 0 amide bonds. The summed E-state index contributed by atoms with van der Waals surface area (Å²) < 4.78 is 2.26. The third kappa shape index (κ3) is 2.06. The summed E-state index contributed by atoms with van der Waals surface area (Å²) in [5, 5.41) is 0. The van der Waals surface area contributed by atoms with Gasteiger partial charge in [0.1, 0.15) is 0 Å². The fourth-order valence-corrected chi connectivity index (χ4v) is 2.68. The maximum absolute atomic E-state index is 4.45. The molecule has 1 N–H and O–H groups in total. The highest BCUT2D eigenvalue weighted by atomic mass is 15.2. The Balaban J connectivity index is 1.91. The number of likely N-dealkylation sites (N-methyl/N-ethyl adjacent to an activating group) is 1. The molecule has 3 rings (SSSR count). The zero-order chi connectivity index (χ0) is 12.5. The molecule has 1 atom stereocenters. The summed E-state index contributed by atoms with van der Waals surface area (Å²) in [5.74, 6) is 1.81. The van der Waals surface area contributed by atoms with Crippen molar-refractivity contribution in [2.45, 2.75) is 25.8 Å². The number of rotatable bonds is 2. The maximum Gasteiger partial charge on any atom is 0.176 e. The second-order valence-electron chi connectivity index (χ2n) is 5.13. The van der Waals surface area contributed by atoms with Crippen molar-refractivity contribution in [2.75, 3.05) is 20.1 Å². The number of hydrogen-bond donors (Lipinski definition) is 1. The van der Waals surface area contributed by atoms with E-state index in [1.807, 2.05) is 19.3 Å². The molecule has 1 aliphatic rings. The van der Waals surface area contributed by atoms with Gasteiger partial charge in [-0.2, -0.15) is 0 Å². The second kappa shape index (κ2) is 4.57. The van der Waals surface area contributed by atoms with E-state index >= 15 is 0 Å². The minimum atomic E-state index is 0.506. The molecule has 96 valence electrons. The summed E-state index contributed by atoms with van der Waals surface area (Å²) in [6.07, 6.45) is 8.24. The number of aryl methyl sites for hydroxylation is 1. The van der Waals surface area contributed by atoms with Crippen LogP contribution in [-0.4, -0.2) is 44.6 Å². The minimum absolute atomic E-state index is 0.506. The quantitative estimate of drug-likeness (QED) is 0.878. The van der Waals surface area contributed by atoms with Crippen LogP contribution in [0, 0.1) is 6.92 Å². The summed E-state index contributed by atoms with van der Waals surface area (Å²) in [7, 11) is 2.18. The molecule has 0 radical (unpaired) electrons. The summed E-state index contributed by atoms with van der Waals surface area (Å²) >= 11 is 0. The fraction of sp³-hybridized carbons (Fsp3) is 0.538. The molecule has 5 nitrogen and oxygen atoms in total. The molecule has 0 aliphatic carbocycles. The van der Waals surface area contributed by atoms with Crippen LogP contribution in [0.25, 0.3) is 11.6 Å². The average Bonchev–Trinajstić information content (AvgIpc) is 2.96. The Labute approximate surface area is 107 Å². The van der Waals surface area contributed by atoms with E-state index in [1.165, 1.54) is 19.4 Å². The van der Waals surface area contributed by atoms with Gasteiger partial charge < -0.3 is 14.5 Å². The van der Waals surface area contributed by atoms with Gasteiger partial charge >= 0.3 is 0 Å². The van der Waals surface area contributed by atoms with Crippen LogP contribution in [0.5, 0.6) is 0 Å². The number of aromatic nitrogens is 4. The zero-order valence-corrected chi connectivity index (χ0v) is 10.9. The van der Waals surface area contributed by atoms with Crippen LogP contribution in [-0.2, 0) is 0 Å². The highest BCUT2D eigenvalue weighted by molar-refractivity contribution is 5.44. The van der Waals surface area contributed by atoms with Gasteiger partial charge in [-0.05, 0) is 33.4 Å². The van der Waals surface area contributed by atoms with E-state index in [9.17, 15) is 0 Å². The maximum atomic E-state index is 4.45. The van der Waals surface area contributed by atoms with Gasteiger partial charge in [0.2, 0.25) is 0 Å². The van der Waals surface area contributed by atoms with Gasteiger partial charge in [-0.3, -0.25) is 0 Å². The van der Waals surface area contributed by atoms with Gasteiger partial charge in [0.25, 0.3) is 0 Å². The summed E-state index contributed by atoms with van der Waals surface area (Å²) in [6, 6.07) is 0.506. The molecule has 0 aromatic carbocycles. The zero-order valence-electron chi connectivity index (χ0n) is 10.9. The second-order valence-corrected chi connectivity index (χ2v) is 5.13. The Morgan fingerprint density at radius 2 is 2.28 bits per heavy atom. The van der Waals surface area contributed by atoms with Crippen LogP contribution in [0.1, 0.15) is 24.6 Å².